The number of methoxy groups -OCH3 is 4. The maximum atomic E-state index is 11.6. The minimum Gasteiger partial charge on any atom is -0.497 e. The van der Waals surface area contributed by atoms with Crippen LogP contribution >= 0.6 is 0 Å². The van der Waals surface area contributed by atoms with Crippen molar-refractivity contribution in [1.82, 2.24) is 0 Å². The summed E-state index contributed by atoms with van der Waals surface area (Å²) in [5.74, 6) is 0.707. The molecule has 6 heteroatoms. The lowest BCUT2D eigenvalue weighted by Crippen LogP contribution is -2.02. The zero-order valence-corrected chi connectivity index (χ0v) is 13.4. The fraction of sp³-hybridized carbons (Fsp3) is 0.235. The average Bonchev–Trinajstić information content (AvgIpc) is 2.59. The van der Waals surface area contributed by atoms with E-state index in [4.69, 9.17) is 18.9 Å². The molecule has 6 nitrogen and oxygen atoms in total. The Hall–Kier alpha value is -2.89. The zero-order chi connectivity index (χ0) is 17.0. The molecule has 0 fully saturated rings. The first-order valence-corrected chi connectivity index (χ1v) is 6.78. The molecule has 0 amide bonds. The normalized spacial score (nSPS) is 10.1. The van der Waals surface area contributed by atoms with Gasteiger partial charge in [-0.05, 0) is 30.3 Å². The Balaban J connectivity index is 2.74. The summed E-state index contributed by atoms with van der Waals surface area (Å²) in [5.41, 5.74) is 1.19. The van der Waals surface area contributed by atoms with E-state index >= 15 is 0 Å². The molecule has 122 valence electrons. The second-order valence-electron chi connectivity index (χ2n) is 4.60. The lowest BCUT2D eigenvalue weighted by atomic mass is 9.97. The molecule has 0 heterocycles. The van der Waals surface area contributed by atoms with Crippen molar-refractivity contribution in [2.45, 2.75) is 0 Å². The Morgan fingerprint density at radius 1 is 0.826 bits per heavy atom. The Bertz CT molecular complexity index is 723. The van der Waals surface area contributed by atoms with Crippen LogP contribution in [-0.2, 0) is 0 Å². The van der Waals surface area contributed by atoms with Crippen LogP contribution in [0.3, 0.4) is 0 Å². The van der Waals surface area contributed by atoms with Gasteiger partial charge in [-0.3, -0.25) is 0 Å². The third-order valence-electron chi connectivity index (χ3n) is 3.45. The molecule has 2 aromatic carbocycles. The molecular weight excluding hydrogens is 300 g/mol. The van der Waals surface area contributed by atoms with Gasteiger partial charge in [0.05, 0.1) is 34.0 Å². The van der Waals surface area contributed by atoms with Crippen LogP contribution in [0.1, 0.15) is 10.4 Å². The van der Waals surface area contributed by atoms with Crippen molar-refractivity contribution in [1.29, 1.82) is 0 Å². The first kappa shape index (κ1) is 16.5. The predicted octanol–water partition coefficient (Wildman–Crippen LogP) is 3.09. The topological polar surface area (TPSA) is 74.2 Å². The molecule has 2 aromatic rings. The Labute approximate surface area is 134 Å². The lowest BCUT2D eigenvalue weighted by molar-refractivity contribution is 0.0697. The van der Waals surface area contributed by atoms with Crippen molar-refractivity contribution in [2.75, 3.05) is 28.4 Å². The van der Waals surface area contributed by atoms with Crippen LogP contribution in [0, 0.1) is 0 Å². The monoisotopic (exact) mass is 318 g/mol. The molecule has 0 atom stereocenters. The van der Waals surface area contributed by atoms with Crippen LogP contribution < -0.4 is 18.9 Å². The minimum absolute atomic E-state index is 0.106. The molecule has 0 saturated carbocycles. The quantitative estimate of drug-likeness (QED) is 0.882. The van der Waals surface area contributed by atoms with E-state index in [1.165, 1.54) is 34.5 Å². The second kappa shape index (κ2) is 6.91. The van der Waals surface area contributed by atoms with Gasteiger partial charge in [0, 0.05) is 11.1 Å². The van der Waals surface area contributed by atoms with Gasteiger partial charge in [0.15, 0.2) is 11.5 Å². The van der Waals surface area contributed by atoms with Crippen LogP contribution in [0.4, 0.5) is 0 Å². The molecule has 0 aliphatic rings. The van der Waals surface area contributed by atoms with E-state index in [-0.39, 0.29) is 5.56 Å². The summed E-state index contributed by atoms with van der Waals surface area (Å²) in [6.45, 7) is 0. The van der Waals surface area contributed by atoms with Crippen LogP contribution in [0.2, 0.25) is 0 Å². The lowest BCUT2D eigenvalue weighted by Gasteiger charge is -2.17. The second-order valence-corrected chi connectivity index (χ2v) is 4.60. The SMILES string of the molecule is COc1ccc(-c2ccc(OC)c(OC)c2OC)c(C(=O)O)c1. The standard InChI is InChI=1S/C17H18O6/c1-20-10-5-6-11(13(9-10)17(18)19)12-7-8-14(21-2)16(23-4)15(12)22-3/h5-9H,1-4H3,(H,18,19). The number of hydrogen-bond acceptors (Lipinski definition) is 5. The molecule has 0 unspecified atom stereocenters. The molecular formula is C17H18O6. The Morgan fingerprint density at radius 3 is 2.00 bits per heavy atom. The fourth-order valence-electron chi connectivity index (χ4n) is 2.38. The van der Waals surface area contributed by atoms with E-state index in [1.54, 1.807) is 24.3 Å². The van der Waals surface area contributed by atoms with E-state index in [0.29, 0.717) is 34.1 Å². The molecule has 1 N–H and O–H groups in total. The third kappa shape index (κ3) is 3.01. The molecule has 0 bridgehead atoms. The predicted molar refractivity (Wildman–Crippen MR) is 85.0 cm³/mol. The van der Waals surface area contributed by atoms with Gasteiger partial charge < -0.3 is 24.1 Å². The van der Waals surface area contributed by atoms with Gasteiger partial charge in [0.1, 0.15) is 5.75 Å². The maximum absolute atomic E-state index is 11.6. The average molecular weight is 318 g/mol. The van der Waals surface area contributed by atoms with Crippen molar-refractivity contribution in [3.8, 4) is 34.1 Å². The molecule has 0 radical (unpaired) electrons. The first-order chi connectivity index (χ1) is 11.1. The van der Waals surface area contributed by atoms with Gasteiger partial charge in [-0.2, -0.15) is 0 Å². The molecule has 0 spiro atoms. The highest BCUT2D eigenvalue weighted by atomic mass is 16.5. The van der Waals surface area contributed by atoms with Crippen molar-refractivity contribution in [3.63, 3.8) is 0 Å². The molecule has 0 saturated heterocycles. The van der Waals surface area contributed by atoms with Gasteiger partial charge in [0.2, 0.25) is 5.75 Å². The van der Waals surface area contributed by atoms with Gasteiger partial charge in [-0.15, -0.1) is 0 Å². The van der Waals surface area contributed by atoms with Gasteiger partial charge in [0.25, 0.3) is 0 Å². The number of ether oxygens (including phenoxy) is 4. The zero-order valence-electron chi connectivity index (χ0n) is 13.4. The number of benzene rings is 2. The Kier molecular flexibility index (Phi) is 4.95. The van der Waals surface area contributed by atoms with Gasteiger partial charge in [-0.25, -0.2) is 4.79 Å². The molecule has 0 aliphatic heterocycles. The summed E-state index contributed by atoms with van der Waals surface area (Å²) in [5, 5.41) is 9.49. The van der Waals surface area contributed by atoms with Crippen LogP contribution in [0.15, 0.2) is 30.3 Å². The smallest absolute Gasteiger partial charge is 0.336 e. The number of rotatable bonds is 6. The van der Waals surface area contributed by atoms with E-state index in [2.05, 4.69) is 0 Å². The third-order valence-corrected chi connectivity index (χ3v) is 3.45. The van der Waals surface area contributed by atoms with E-state index < -0.39 is 5.97 Å². The molecule has 0 aromatic heterocycles. The summed E-state index contributed by atoms with van der Waals surface area (Å²) in [6, 6.07) is 8.26. The summed E-state index contributed by atoms with van der Waals surface area (Å²) in [7, 11) is 5.99. The number of aromatic carboxylic acids is 1. The maximum Gasteiger partial charge on any atom is 0.336 e. The highest BCUT2D eigenvalue weighted by Crippen LogP contribution is 2.45. The van der Waals surface area contributed by atoms with E-state index in [9.17, 15) is 9.90 Å². The van der Waals surface area contributed by atoms with Crippen LogP contribution in [0.5, 0.6) is 23.0 Å². The molecule has 0 aliphatic carbocycles. The summed E-state index contributed by atoms with van der Waals surface area (Å²) in [4.78, 5) is 11.6. The number of carboxylic acids is 1. The van der Waals surface area contributed by atoms with Crippen molar-refractivity contribution in [2.24, 2.45) is 0 Å². The first-order valence-electron chi connectivity index (χ1n) is 6.78. The fourth-order valence-corrected chi connectivity index (χ4v) is 2.38. The minimum atomic E-state index is -1.06. The van der Waals surface area contributed by atoms with E-state index in [1.807, 2.05) is 0 Å². The molecule has 2 rings (SSSR count). The summed E-state index contributed by atoms with van der Waals surface area (Å²) >= 11 is 0. The van der Waals surface area contributed by atoms with Crippen LogP contribution in [-0.4, -0.2) is 39.5 Å². The highest BCUT2D eigenvalue weighted by Gasteiger charge is 2.21. The van der Waals surface area contributed by atoms with Crippen molar-refractivity contribution < 1.29 is 28.8 Å². The van der Waals surface area contributed by atoms with Gasteiger partial charge >= 0.3 is 5.97 Å². The number of carboxylic acid groups (broad SMARTS) is 1. The summed E-state index contributed by atoms with van der Waals surface area (Å²) < 4.78 is 21.1. The summed E-state index contributed by atoms with van der Waals surface area (Å²) in [6.07, 6.45) is 0. The van der Waals surface area contributed by atoms with Crippen molar-refractivity contribution in [3.05, 3.63) is 35.9 Å². The van der Waals surface area contributed by atoms with E-state index in [0.717, 1.165) is 0 Å². The largest absolute Gasteiger partial charge is 0.497 e. The number of hydrogen-bond donors (Lipinski definition) is 1. The Morgan fingerprint density at radius 2 is 1.48 bits per heavy atom. The highest BCUT2D eigenvalue weighted by molar-refractivity contribution is 5.98. The van der Waals surface area contributed by atoms with Crippen molar-refractivity contribution >= 4 is 5.97 Å². The number of carbonyl (C=O) groups is 1. The molecule has 23 heavy (non-hydrogen) atoms. The van der Waals surface area contributed by atoms with Gasteiger partial charge in [-0.1, -0.05) is 0 Å². The van der Waals surface area contributed by atoms with Crippen LogP contribution in [0.25, 0.3) is 11.1 Å².